The zero-order valence-corrected chi connectivity index (χ0v) is 18.9. The summed E-state index contributed by atoms with van der Waals surface area (Å²) in [4.78, 5) is 30.8. The molecule has 0 bridgehead atoms. The lowest BCUT2D eigenvalue weighted by Crippen LogP contribution is -2.21. The summed E-state index contributed by atoms with van der Waals surface area (Å²) in [6, 6.07) is 6.12. The molecular weight excluding hydrogens is 418 g/mol. The Morgan fingerprint density at radius 1 is 1.21 bits per heavy atom. The van der Waals surface area contributed by atoms with Crippen molar-refractivity contribution in [3.63, 3.8) is 0 Å². The Kier molecular flexibility index (Phi) is 6.26. The second-order valence-electron chi connectivity index (χ2n) is 7.26. The molecular formula is C24H23N7O2. The molecule has 9 heteroatoms. The lowest BCUT2D eigenvalue weighted by atomic mass is 10.1. The van der Waals surface area contributed by atoms with Gasteiger partial charge in [-0.2, -0.15) is 0 Å². The molecule has 9 nitrogen and oxygen atoms in total. The molecule has 166 valence electrons. The molecule has 0 saturated carbocycles. The van der Waals surface area contributed by atoms with Crippen molar-refractivity contribution < 1.29 is 9.53 Å². The molecule has 0 aliphatic carbocycles. The molecule has 0 N–H and O–H groups in total. The minimum atomic E-state index is 0.210. The minimum Gasteiger partial charge on any atom is -0.435 e. The number of aromatic nitrogens is 4. The highest BCUT2D eigenvalue weighted by Gasteiger charge is 2.30. The van der Waals surface area contributed by atoms with Gasteiger partial charge in [0.25, 0.3) is 5.90 Å². The van der Waals surface area contributed by atoms with Gasteiger partial charge >= 0.3 is 0 Å². The van der Waals surface area contributed by atoms with E-state index >= 15 is 0 Å². The van der Waals surface area contributed by atoms with Gasteiger partial charge < -0.3 is 9.64 Å². The van der Waals surface area contributed by atoms with E-state index in [-0.39, 0.29) is 5.90 Å². The minimum absolute atomic E-state index is 0.210. The average Bonchev–Trinajstić information content (AvgIpc) is 3.33. The predicted octanol–water partition coefficient (Wildman–Crippen LogP) is 3.62. The van der Waals surface area contributed by atoms with Crippen molar-refractivity contribution in [2.24, 2.45) is 10.1 Å². The highest BCUT2D eigenvalue weighted by molar-refractivity contribution is 6.46. The number of aliphatic imine (C=N–C) groups is 1. The van der Waals surface area contributed by atoms with Gasteiger partial charge in [0, 0.05) is 36.9 Å². The number of nitrogens with zero attached hydrogens (tertiary/aromatic N) is 7. The summed E-state index contributed by atoms with van der Waals surface area (Å²) in [5, 5.41) is 4.51. The topological polar surface area (TPSA) is 97.9 Å². The molecule has 0 saturated heterocycles. The van der Waals surface area contributed by atoms with Crippen molar-refractivity contribution in [1.29, 1.82) is 0 Å². The molecule has 0 radical (unpaired) electrons. The lowest BCUT2D eigenvalue weighted by Gasteiger charge is -2.21. The fourth-order valence-corrected chi connectivity index (χ4v) is 3.62. The van der Waals surface area contributed by atoms with Gasteiger partial charge in [-0.1, -0.05) is 0 Å². The normalized spacial score (nSPS) is 13.2. The highest BCUT2D eigenvalue weighted by Crippen LogP contribution is 2.29. The number of benzene rings is 1. The van der Waals surface area contributed by atoms with Gasteiger partial charge in [0.05, 0.1) is 17.6 Å². The third-order valence-corrected chi connectivity index (χ3v) is 5.32. The van der Waals surface area contributed by atoms with E-state index in [4.69, 9.17) is 14.7 Å². The number of hydrogen-bond donors (Lipinski definition) is 0. The fourth-order valence-electron chi connectivity index (χ4n) is 3.62. The van der Waals surface area contributed by atoms with Crippen LogP contribution in [0.4, 0.5) is 11.4 Å². The maximum absolute atomic E-state index is 10.5. The second kappa shape index (κ2) is 9.44. The van der Waals surface area contributed by atoms with Crippen LogP contribution in [-0.2, 0) is 9.53 Å². The Labute approximate surface area is 191 Å². The van der Waals surface area contributed by atoms with Gasteiger partial charge in [0.1, 0.15) is 17.6 Å². The third kappa shape index (κ3) is 4.23. The summed E-state index contributed by atoms with van der Waals surface area (Å²) in [6.45, 7) is 10.00. The van der Waals surface area contributed by atoms with E-state index in [2.05, 4.69) is 45.6 Å². The maximum Gasteiger partial charge on any atom is 0.267 e. The van der Waals surface area contributed by atoms with E-state index < -0.39 is 0 Å². The van der Waals surface area contributed by atoms with E-state index in [1.165, 1.54) is 5.94 Å². The molecule has 1 aliphatic heterocycles. The summed E-state index contributed by atoms with van der Waals surface area (Å²) >= 11 is 0. The smallest absolute Gasteiger partial charge is 0.267 e. The van der Waals surface area contributed by atoms with Gasteiger partial charge in [0.2, 0.25) is 0 Å². The van der Waals surface area contributed by atoms with Crippen LogP contribution in [0.5, 0.6) is 0 Å². The summed E-state index contributed by atoms with van der Waals surface area (Å²) in [7, 11) is 0. The monoisotopic (exact) mass is 441 g/mol. The van der Waals surface area contributed by atoms with E-state index in [0.717, 1.165) is 42.0 Å². The van der Waals surface area contributed by atoms with Crippen molar-refractivity contribution in [2.45, 2.75) is 27.7 Å². The Hall–Kier alpha value is -4.32. The standard InChI is InChI=1S/C24H23N7O2/c1-5-30(6-2)18-8-9-19(16(3)14-18)27-22-23-28-21(20-15-25-10-11-26-20)17(4)31(23)29-24(22)33-13-7-12-32/h8-11,13-15H,5-6H2,1-4H3/b27-22+. The van der Waals surface area contributed by atoms with Crippen LogP contribution in [0, 0.1) is 13.8 Å². The van der Waals surface area contributed by atoms with Gasteiger partial charge in [-0.3, -0.25) is 9.97 Å². The van der Waals surface area contributed by atoms with Crippen LogP contribution in [0.15, 0.2) is 58.9 Å². The number of imidazole rings is 1. The van der Waals surface area contributed by atoms with Crippen LogP contribution in [0.3, 0.4) is 0 Å². The number of anilines is 1. The fraction of sp³-hybridized carbons (Fsp3) is 0.250. The van der Waals surface area contributed by atoms with Gasteiger partial charge in [-0.15, -0.1) is 5.10 Å². The Bertz CT molecular complexity index is 1320. The molecule has 0 spiro atoms. The summed E-state index contributed by atoms with van der Waals surface area (Å²) in [5.41, 5.74) is 7.64. The number of carbonyl (C=O) groups excluding carboxylic acids is 1. The average molecular weight is 441 g/mol. The van der Waals surface area contributed by atoms with Crippen LogP contribution in [0.1, 0.15) is 30.9 Å². The van der Waals surface area contributed by atoms with Gasteiger partial charge in [-0.25, -0.2) is 19.4 Å². The number of rotatable bonds is 6. The van der Waals surface area contributed by atoms with Crippen molar-refractivity contribution >= 4 is 28.9 Å². The van der Waals surface area contributed by atoms with E-state index in [1.54, 1.807) is 23.3 Å². The summed E-state index contributed by atoms with van der Waals surface area (Å²) in [5.74, 6) is 2.25. The first kappa shape index (κ1) is 21.9. The lowest BCUT2D eigenvalue weighted by molar-refractivity contribution is 0.478. The molecule has 1 aliphatic rings. The Morgan fingerprint density at radius 3 is 2.70 bits per heavy atom. The van der Waals surface area contributed by atoms with Crippen LogP contribution >= 0.6 is 0 Å². The second-order valence-corrected chi connectivity index (χ2v) is 7.26. The van der Waals surface area contributed by atoms with Crippen molar-refractivity contribution in [3.8, 4) is 11.4 Å². The maximum atomic E-state index is 10.5. The molecule has 3 aromatic rings. The van der Waals surface area contributed by atoms with E-state index in [1.807, 2.05) is 26.0 Å². The molecule has 0 atom stereocenters. The SMILES string of the molecule is CCN(CC)c1ccc(/N=C2/C(OC=C=C=O)=Nn3c2nc(-c2cnccn2)c3C)c(C)c1. The summed E-state index contributed by atoms with van der Waals surface area (Å²) < 4.78 is 7.18. The van der Waals surface area contributed by atoms with E-state index in [0.29, 0.717) is 22.9 Å². The van der Waals surface area contributed by atoms with Gasteiger partial charge in [0.15, 0.2) is 17.5 Å². The van der Waals surface area contributed by atoms with Crippen LogP contribution in [0.25, 0.3) is 11.4 Å². The van der Waals surface area contributed by atoms with Crippen molar-refractivity contribution in [1.82, 2.24) is 19.6 Å². The van der Waals surface area contributed by atoms with Crippen LogP contribution in [-0.4, -0.2) is 50.3 Å². The number of aryl methyl sites for hydroxylation is 1. The quantitative estimate of drug-likeness (QED) is 0.329. The first-order valence-corrected chi connectivity index (χ1v) is 10.6. The zero-order valence-electron chi connectivity index (χ0n) is 18.9. The molecule has 33 heavy (non-hydrogen) atoms. The number of hydrogen-bond acceptors (Lipinski definition) is 8. The molecule has 1 aromatic carbocycles. The van der Waals surface area contributed by atoms with Crippen molar-refractivity contribution in [3.05, 3.63) is 65.9 Å². The number of ether oxygens (including phenoxy) is 1. The van der Waals surface area contributed by atoms with Crippen LogP contribution < -0.4 is 4.90 Å². The van der Waals surface area contributed by atoms with Crippen molar-refractivity contribution in [2.75, 3.05) is 18.0 Å². The first-order valence-electron chi connectivity index (χ1n) is 10.6. The summed E-state index contributed by atoms with van der Waals surface area (Å²) in [6.07, 6.45) is 5.97. The largest absolute Gasteiger partial charge is 0.435 e. The highest BCUT2D eigenvalue weighted by atomic mass is 16.5. The number of fused-ring (bicyclic) bond motifs is 1. The molecule has 0 fully saturated rings. The molecule has 2 aromatic heterocycles. The zero-order chi connectivity index (χ0) is 23.4. The van der Waals surface area contributed by atoms with Gasteiger partial charge in [-0.05, 0) is 51.5 Å². The predicted molar refractivity (Wildman–Crippen MR) is 127 cm³/mol. The molecule has 0 amide bonds. The Morgan fingerprint density at radius 2 is 2.03 bits per heavy atom. The Balaban J connectivity index is 1.81. The molecule has 0 unspecified atom stereocenters. The third-order valence-electron chi connectivity index (χ3n) is 5.32. The molecule has 4 rings (SSSR count). The first-order chi connectivity index (χ1) is 16.1. The van der Waals surface area contributed by atoms with E-state index in [9.17, 15) is 4.79 Å². The van der Waals surface area contributed by atoms with Crippen LogP contribution in [0.2, 0.25) is 0 Å². The molecule has 3 heterocycles.